The maximum absolute atomic E-state index is 5.52. The SMILES string of the molecule is Cc1cc(C)c(N=C2C3=C[C@@H](C(C)(C)C)[C@H](C(C)(C)C)c4cccc(c43)C2=Nc2c(C)cc(C)cc2C)c(C)c1. The van der Waals surface area contributed by atoms with Crippen molar-refractivity contribution in [1.82, 2.24) is 0 Å². The Morgan fingerprint density at radius 1 is 0.600 bits per heavy atom. The molecule has 0 amide bonds. The van der Waals surface area contributed by atoms with Crippen LogP contribution in [-0.2, 0) is 0 Å². The fraction of sp³-hybridized carbons (Fsp3) is 0.421. The van der Waals surface area contributed by atoms with Gasteiger partial charge in [0.2, 0.25) is 0 Å². The molecule has 2 aliphatic rings. The summed E-state index contributed by atoms with van der Waals surface area (Å²) in [5, 5.41) is 0. The van der Waals surface area contributed by atoms with Gasteiger partial charge in [0.05, 0.1) is 22.8 Å². The number of benzene rings is 3. The molecule has 2 nitrogen and oxygen atoms in total. The Kier molecular flexibility index (Phi) is 6.85. The molecule has 2 aliphatic carbocycles. The summed E-state index contributed by atoms with van der Waals surface area (Å²) in [6.07, 6.45) is 2.55. The Morgan fingerprint density at radius 3 is 1.52 bits per heavy atom. The third-order valence-corrected chi connectivity index (χ3v) is 8.79. The second-order valence-corrected chi connectivity index (χ2v) is 14.5. The molecule has 0 aliphatic heterocycles. The summed E-state index contributed by atoms with van der Waals surface area (Å²) < 4.78 is 0. The van der Waals surface area contributed by atoms with Crippen LogP contribution in [0.5, 0.6) is 0 Å². The topological polar surface area (TPSA) is 24.7 Å². The van der Waals surface area contributed by atoms with Crippen molar-refractivity contribution < 1.29 is 0 Å². The van der Waals surface area contributed by atoms with E-state index in [-0.39, 0.29) is 10.8 Å². The Balaban J connectivity index is 1.89. The Hall–Kier alpha value is -3.26. The van der Waals surface area contributed by atoms with Crippen LogP contribution in [0.15, 0.2) is 58.5 Å². The van der Waals surface area contributed by atoms with Crippen LogP contribution in [0, 0.1) is 58.3 Å². The first-order valence-corrected chi connectivity index (χ1v) is 14.8. The lowest BCUT2D eigenvalue weighted by molar-refractivity contribution is 0.163. The molecule has 0 aromatic heterocycles. The highest BCUT2D eigenvalue weighted by Gasteiger charge is 2.46. The standard InChI is InChI=1S/C38H46N2/c1-21-16-23(3)33(24(4)17-21)39-35-28-15-13-14-27-31(28)29(20-30(37(7,8)9)32(27)38(10,11)12)36(35)40-34-25(5)18-22(2)19-26(34)6/h13-20,30,32H,1-12H3/t30-,32-/m1/s1. The lowest BCUT2D eigenvalue weighted by Crippen LogP contribution is -2.36. The van der Waals surface area contributed by atoms with E-state index in [2.05, 4.69) is 132 Å². The maximum atomic E-state index is 5.52. The molecule has 208 valence electrons. The normalized spacial score (nSPS) is 20.8. The van der Waals surface area contributed by atoms with Crippen LogP contribution in [0.25, 0.3) is 5.57 Å². The van der Waals surface area contributed by atoms with E-state index >= 15 is 0 Å². The molecule has 0 radical (unpaired) electrons. The van der Waals surface area contributed by atoms with Crippen molar-refractivity contribution in [2.45, 2.75) is 89.0 Å². The van der Waals surface area contributed by atoms with Gasteiger partial charge in [-0.15, -0.1) is 0 Å². The van der Waals surface area contributed by atoms with E-state index in [1.54, 1.807) is 0 Å². The average molecular weight is 531 g/mol. The average Bonchev–Trinajstić information content (AvgIpc) is 3.10. The van der Waals surface area contributed by atoms with Gasteiger partial charge in [-0.1, -0.05) is 101 Å². The first kappa shape index (κ1) is 28.3. The van der Waals surface area contributed by atoms with E-state index in [0.717, 1.165) is 22.8 Å². The lowest BCUT2D eigenvalue weighted by atomic mass is 9.58. The van der Waals surface area contributed by atoms with Crippen molar-refractivity contribution in [2.24, 2.45) is 26.7 Å². The molecule has 5 rings (SSSR count). The van der Waals surface area contributed by atoms with Gasteiger partial charge in [0.25, 0.3) is 0 Å². The molecule has 3 aromatic rings. The highest BCUT2D eigenvalue weighted by atomic mass is 14.9. The number of hydrogen-bond acceptors (Lipinski definition) is 2. The van der Waals surface area contributed by atoms with Crippen LogP contribution in [-0.4, -0.2) is 11.4 Å². The molecule has 0 fully saturated rings. The van der Waals surface area contributed by atoms with Crippen LogP contribution >= 0.6 is 0 Å². The summed E-state index contributed by atoms with van der Waals surface area (Å²) in [5.41, 5.74) is 17.0. The second-order valence-electron chi connectivity index (χ2n) is 14.5. The summed E-state index contributed by atoms with van der Waals surface area (Å²) in [7, 11) is 0. The minimum absolute atomic E-state index is 0.101. The summed E-state index contributed by atoms with van der Waals surface area (Å²) in [5.74, 6) is 0.773. The zero-order chi connectivity index (χ0) is 29.3. The molecule has 0 heterocycles. The number of hydrogen-bond donors (Lipinski definition) is 0. The first-order chi connectivity index (χ1) is 18.6. The molecule has 2 heteroatoms. The minimum Gasteiger partial charge on any atom is -0.246 e. The van der Waals surface area contributed by atoms with Crippen LogP contribution in [0.1, 0.15) is 97.5 Å². The van der Waals surface area contributed by atoms with Gasteiger partial charge in [-0.25, -0.2) is 9.98 Å². The summed E-state index contributed by atoms with van der Waals surface area (Å²) >= 11 is 0. The third-order valence-electron chi connectivity index (χ3n) is 8.79. The largest absolute Gasteiger partial charge is 0.246 e. The highest BCUT2D eigenvalue weighted by Crippen LogP contribution is 2.56. The zero-order valence-electron chi connectivity index (χ0n) is 26.7. The van der Waals surface area contributed by atoms with E-state index in [1.807, 2.05) is 0 Å². The van der Waals surface area contributed by atoms with Gasteiger partial charge in [0.1, 0.15) is 0 Å². The van der Waals surface area contributed by atoms with Crippen molar-refractivity contribution >= 4 is 28.4 Å². The minimum atomic E-state index is 0.101. The smallest absolute Gasteiger partial charge is 0.0978 e. The van der Waals surface area contributed by atoms with Gasteiger partial charge < -0.3 is 0 Å². The predicted octanol–water partition coefficient (Wildman–Crippen LogP) is 10.6. The molecule has 0 unspecified atom stereocenters. The first-order valence-electron chi connectivity index (χ1n) is 14.8. The molecule has 0 saturated carbocycles. The fourth-order valence-electron chi connectivity index (χ4n) is 7.23. The van der Waals surface area contributed by atoms with Crippen LogP contribution in [0.3, 0.4) is 0 Å². The fourth-order valence-corrected chi connectivity index (χ4v) is 7.23. The summed E-state index contributed by atoms with van der Waals surface area (Å²) in [6, 6.07) is 15.8. The molecule has 0 N–H and O–H groups in total. The molecule has 2 atom stereocenters. The molecule has 0 saturated heterocycles. The van der Waals surface area contributed by atoms with Crippen molar-refractivity contribution in [3.63, 3.8) is 0 Å². The Morgan fingerprint density at radius 2 is 1.07 bits per heavy atom. The van der Waals surface area contributed by atoms with E-state index in [0.29, 0.717) is 11.8 Å². The van der Waals surface area contributed by atoms with Crippen LogP contribution in [0.4, 0.5) is 11.4 Å². The van der Waals surface area contributed by atoms with Crippen molar-refractivity contribution in [3.8, 4) is 0 Å². The van der Waals surface area contributed by atoms with Gasteiger partial charge >= 0.3 is 0 Å². The molecular weight excluding hydrogens is 484 g/mol. The number of nitrogens with zero attached hydrogens (tertiary/aromatic N) is 2. The molecular formula is C38H46N2. The second kappa shape index (κ2) is 9.68. The van der Waals surface area contributed by atoms with Crippen molar-refractivity contribution in [1.29, 1.82) is 0 Å². The molecule has 3 aromatic carbocycles. The zero-order valence-corrected chi connectivity index (χ0v) is 26.7. The lowest BCUT2D eigenvalue weighted by Gasteiger charge is -2.45. The van der Waals surface area contributed by atoms with Gasteiger partial charge in [-0.05, 0) is 97.6 Å². The molecule has 0 bridgehead atoms. The van der Waals surface area contributed by atoms with E-state index in [4.69, 9.17) is 9.98 Å². The monoisotopic (exact) mass is 530 g/mol. The third kappa shape index (κ3) is 4.80. The quantitative estimate of drug-likeness (QED) is 0.315. The summed E-state index contributed by atoms with van der Waals surface area (Å²) in [4.78, 5) is 11.0. The van der Waals surface area contributed by atoms with Gasteiger partial charge in [-0.2, -0.15) is 0 Å². The Labute approximate surface area is 242 Å². The predicted molar refractivity (Wildman–Crippen MR) is 174 cm³/mol. The Bertz CT molecular complexity index is 1570. The van der Waals surface area contributed by atoms with Gasteiger partial charge in [0, 0.05) is 11.1 Å². The number of rotatable bonds is 2. The molecule has 40 heavy (non-hydrogen) atoms. The van der Waals surface area contributed by atoms with Gasteiger partial charge in [-0.3, -0.25) is 0 Å². The highest BCUT2D eigenvalue weighted by molar-refractivity contribution is 6.67. The van der Waals surface area contributed by atoms with Gasteiger partial charge in [0.15, 0.2) is 0 Å². The maximum Gasteiger partial charge on any atom is 0.0978 e. The van der Waals surface area contributed by atoms with Crippen LogP contribution < -0.4 is 0 Å². The van der Waals surface area contributed by atoms with E-state index < -0.39 is 0 Å². The van der Waals surface area contributed by atoms with E-state index in [9.17, 15) is 0 Å². The van der Waals surface area contributed by atoms with Crippen LogP contribution in [0.2, 0.25) is 0 Å². The van der Waals surface area contributed by atoms with Crippen molar-refractivity contribution in [3.05, 3.63) is 98.6 Å². The number of aryl methyl sites for hydroxylation is 6. The summed E-state index contributed by atoms with van der Waals surface area (Å²) in [6.45, 7) is 27.4. The number of aliphatic imine (C=N–C) groups is 2. The van der Waals surface area contributed by atoms with E-state index in [1.165, 1.54) is 55.6 Å². The van der Waals surface area contributed by atoms with Crippen molar-refractivity contribution in [2.75, 3.05) is 0 Å². The number of allylic oxidation sites excluding steroid dienone is 2. The molecule has 0 spiro atoms.